The highest BCUT2D eigenvalue weighted by molar-refractivity contribution is 7.99. The number of aromatic nitrogens is 3. The first-order chi connectivity index (χ1) is 10.7. The van der Waals surface area contributed by atoms with Crippen molar-refractivity contribution in [1.29, 1.82) is 0 Å². The Morgan fingerprint density at radius 1 is 1.14 bits per heavy atom. The lowest BCUT2D eigenvalue weighted by Crippen LogP contribution is -2.20. The van der Waals surface area contributed by atoms with Gasteiger partial charge in [-0.25, -0.2) is 9.97 Å². The number of hydrogen-bond donors (Lipinski definition) is 2. The maximum Gasteiger partial charge on any atom is 0.226 e. The van der Waals surface area contributed by atoms with Crippen LogP contribution >= 0.6 is 23.4 Å². The van der Waals surface area contributed by atoms with Gasteiger partial charge < -0.3 is 16.4 Å². The molecule has 118 valence electrons. The van der Waals surface area contributed by atoms with Crippen molar-refractivity contribution in [1.82, 2.24) is 15.0 Å². The SMILES string of the molecule is CN.Nc1ccc(Sc2cnc(N3CCCC3)nc2Cl)cn1. The topological polar surface area (TPSA) is 94.0 Å². The minimum Gasteiger partial charge on any atom is -0.384 e. The molecule has 3 heterocycles. The number of anilines is 2. The molecule has 1 saturated heterocycles. The van der Waals surface area contributed by atoms with E-state index in [2.05, 4.69) is 25.6 Å². The lowest BCUT2D eigenvalue weighted by atomic mass is 10.4. The number of pyridine rings is 1. The summed E-state index contributed by atoms with van der Waals surface area (Å²) in [5.74, 6) is 1.22. The molecule has 1 fully saturated rings. The minimum atomic E-state index is 0.476. The Labute approximate surface area is 139 Å². The van der Waals surface area contributed by atoms with Gasteiger partial charge in [0.15, 0.2) is 0 Å². The van der Waals surface area contributed by atoms with Crippen LogP contribution in [0.5, 0.6) is 0 Å². The molecule has 2 aromatic rings. The molecule has 0 atom stereocenters. The van der Waals surface area contributed by atoms with Crippen LogP contribution < -0.4 is 16.4 Å². The number of nitrogen functional groups attached to an aromatic ring is 1. The Bertz CT molecular complexity index is 601. The molecule has 0 aliphatic carbocycles. The van der Waals surface area contributed by atoms with Gasteiger partial charge in [-0.3, -0.25) is 0 Å². The van der Waals surface area contributed by atoms with Gasteiger partial charge in [0.2, 0.25) is 5.95 Å². The number of nitrogens with zero attached hydrogens (tertiary/aromatic N) is 4. The van der Waals surface area contributed by atoms with E-state index in [-0.39, 0.29) is 0 Å². The van der Waals surface area contributed by atoms with Crippen molar-refractivity contribution in [2.24, 2.45) is 5.73 Å². The van der Waals surface area contributed by atoms with Crippen LogP contribution in [0, 0.1) is 0 Å². The Kier molecular flexibility index (Phi) is 6.23. The molecule has 1 aliphatic rings. The van der Waals surface area contributed by atoms with Crippen molar-refractivity contribution in [2.45, 2.75) is 22.6 Å². The highest BCUT2D eigenvalue weighted by atomic mass is 35.5. The van der Waals surface area contributed by atoms with E-state index in [1.807, 2.05) is 6.07 Å². The fourth-order valence-electron chi connectivity index (χ4n) is 2.06. The Morgan fingerprint density at radius 2 is 1.86 bits per heavy atom. The summed E-state index contributed by atoms with van der Waals surface area (Å²) in [4.78, 5) is 16.8. The maximum atomic E-state index is 6.25. The van der Waals surface area contributed by atoms with Crippen molar-refractivity contribution in [3.05, 3.63) is 29.7 Å². The average molecular weight is 339 g/mol. The van der Waals surface area contributed by atoms with Gasteiger partial charge in [0.05, 0.1) is 4.90 Å². The molecule has 0 saturated carbocycles. The van der Waals surface area contributed by atoms with Gasteiger partial charge in [0.1, 0.15) is 11.0 Å². The zero-order valence-electron chi connectivity index (χ0n) is 12.4. The highest BCUT2D eigenvalue weighted by Crippen LogP contribution is 2.32. The van der Waals surface area contributed by atoms with Crippen LogP contribution in [0.2, 0.25) is 5.15 Å². The molecule has 0 amide bonds. The lowest BCUT2D eigenvalue weighted by Gasteiger charge is -2.15. The van der Waals surface area contributed by atoms with Gasteiger partial charge in [-0.2, -0.15) is 4.98 Å². The molecule has 2 aromatic heterocycles. The van der Waals surface area contributed by atoms with Crippen molar-refractivity contribution in [3.63, 3.8) is 0 Å². The molecule has 22 heavy (non-hydrogen) atoms. The monoisotopic (exact) mass is 338 g/mol. The molecule has 6 nitrogen and oxygen atoms in total. The molecule has 0 bridgehead atoms. The van der Waals surface area contributed by atoms with Gasteiger partial charge in [-0.15, -0.1) is 0 Å². The van der Waals surface area contributed by atoms with Gasteiger partial charge in [-0.05, 0) is 32.0 Å². The summed E-state index contributed by atoms with van der Waals surface area (Å²) in [5, 5.41) is 0.476. The van der Waals surface area contributed by atoms with Crippen molar-refractivity contribution in [2.75, 3.05) is 30.8 Å². The second kappa shape index (κ2) is 8.17. The number of rotatable bonds is 3. The van der Waals surface area contributed by atoms with Crippen molar-refractivity contribution >= 4 is 35.1 Å². The van der Waals surface area contributed by atoms with E-state index in [1.165, 1.54) is 31.7 Å². The first kappa shape index (κ1) is 16.8. The van der Waals surface area contributed by atoms with Gasteiger partial charge >= 0.3 is 0 Å². The second-order valence-electron chi connectivity index (χ2n) is 4.54. The fourth-order valence-corrected chi connectivity index (χ4v) is 3.03. The highest BCUT2D eigenvalue weighted by Gasteiger charge is 2.16. The number of halogens is 1. The van der Waals surface area contributed by atoms with E-state index in [0.29, 0.717) is 16.9 Å². The maximum absolute atomic E-state index is 6.25. The van der Waals surface area contributed by atoms with E-state index in [1.54, 1.807) is 18.5 Å². The number of nitrogens with two attached hydrogens (primary N) is 2. The fraction of sp³-hybridized carbons (Fsp3) is 0.357. The molecule has 0 radical (unpaired) electrons. The van der Waals surface area contributed by atoms with E-state index in [9.17, 15) is 0 Å². The molecule has 4 N–H and O–H groups in total. The summed E-state index contributed by atoms with van der Waals surface area (Å²) >= 11 is 7.73. The van der Waals surface area contributed by atoms with Gasteiger partial charge in [0.25, 0.3) is 0 Å². The molecule has 0 spiro atoms. The normalized spacial score (nSPS) is 13.7. The zero-order chi connectivity index (χ0) is 15.9. The third-order valence-electron chi connectivity index (χ3n) is 3.07. The summed E-state index contributed by atoms with van der Waals surface area (Å²) in [7, 11) is 1.50. The van der Waals surface area contributed by atoms with Crippen LogP contribution in [0.15, 0.2) is 34.3 Å². The van der Waals surface area contributed by atoms with E-state index >= 15 is 0 Å². The molecule has 8 heteroatoms. The van der Waals surface area contributed by atoms with E-state index in [0.717, 1.165) is 22.9 Å². The largest absolute Gasteiger partial charge is 0.384 e. The third-order valence-corrected chi connectivity index (χ3v) is 4.47. The Morgan fingerprint density at radius 3 is 2.45 bits per heavy atom. The predicted molar refractivity (Wildman–Crippen MR) is 91.4 cm³/mol. The Balaban J connectivity index is 0.000000847. The van der Waals surface area contributed by atoms with Gasteiger partial charge in [0, 0.05) is 30.4 Å². The van der Waals surface area contributed by atoms with Crippen LogP contribution in [0.1, 0.15) is 12.8 Å². The smallest absolute Gasteiger partial charge is 0.226 e. The van der Waals surface area contributed by atoms with Crippen LogP contribution in [0.4, 0.5) is 11.8 Å². The standard InChI is InChI=1S/C13H14ClN5S.CH5N/c14-12-10(20-9-3-4-11(15)16-7-9)8-17-13(18-12)19-5-1-2-6-19;1-2/h3-4,7-8H,1-2,5-6H2,(H2,15,16);2H2,1H3. The van der Waals surface area contributed by atoms with Crippen molar-refractivity contribution in [3.8, 4) is 0 Å². The summed E-state index contributed by atoms with van der Waals surface area (Å²) < 4.78 is 0. The van der Waals surface area contributed by atoms with E-state index < -0.39 is 0 Å². The molecule has 0 unspecified atom stereocenters. The predicted octanol–water partition coefficient (Wildman–Crippen LogP) is 2.43. The van der Waals surface area contributed by atoms with Crippen LogP contribution in [0.3, 0.4) is 0 Å². The van der Waals surface area contributed by atoms with Crippen molar-refractivity contribution < 1.29 is 0 Å². The van der Waals surface area contributed by atoms with Crippen LogP contribution in [-0.4, -0.2) is 35.1 Å². The lowest BCUT2D eigenvalue weighted by molar-refractivity contribution is 0.888. The van der Waals surface area contributed by atoms with Crippen LogP contribution in [-0.2, 0) is 0 Å². The summed E-state index contributed by atoms with van der Waals surface area (Å²) in [6, 6.07) is 3.66. The van der Waals surface area contributed by atoms with Gasteiger partial charge in [-0.1, -0.05) is 23.4 Å². The first-order valence-electron chi connectivity index (χ1n) is 6.97. The van der Waals surface area contributed by atoms with E-state index in [4.69, 9.17) is 17.3 Å². The summed E-state index contributed by atoms with van der Waals surface area (Å²) in [5.41, 5.74) is 10.1. The molecule has 1 aliphatic heterocycles. The molecular weight excluding hydrogens is 320 g/mol. The second-order valence-corrected chi connectivity index (χ2v) is 6.01. The first-order valence-corrected chi connectivity index (χ1v) is 8.16. The number of hydrogen-bond acceptors (Lipinski definition) is 7. The summed E-state index contributed by atoms with van der Waals surface area (Å²) in [6.07, 6.45) is 5.86. The molecule has 0 aromatic carbocycles. The Hall–Kier alpha value is -1.57. The quantitative estimate of drug-likeness (QED) is 0.830. The minimum absolute atomic E-state index is 0.476. The third kappa shape index (κ3) is 4.22. The summed E-state index contributed by atoms with van der Waals surface area (Å²) in [6.45, 7) is 2.01. The van der Waals surface area contributed by atoms with Crippen LogP contribution in [0.25, 0.3) is 0 Å². The average Bonchev–Trinajstić information content (AvgIpc) is 3.08. The molecular formula is C14H19ClN6S. The zero-order valence-corrected chi connectivity index (χ0v) is 13.9. The molecule has 3 rings (SSSR count).